The molecule has 0 spiro atoms. The molecule has 1 amide bonds. The van der Waals surface area contributed by atoms with Crippen molar-refractivity contribution in [1.82, 2.24) is 0 Å². The molecule has 2 rings (SSSR count). The van der Waals surface area contributed by atoms with E-state index in [2.05, 4.69) is 18.3 Å². The van der Waals surface area contributed by atoms with Gasteiger partial charge in [0, 0.05) is 10.6 Å². The van der Waals surface area contributed by atoms with Crippen molar-refractivity contribution in [2.75, 3.05) is 11.1 Å². The third-order valence-corrected chi connectivity index (χ3v) is 4.10. The van der Waals surface area contributed by atoms with E-state index in [4.69, 9.17) is 0 Å². The Balaban J connectivity index is 2.40. The number of hydrogen-bond acceptors (Lipinski definition) is 2. The van der Waals surface area contributed by atoms with Crippen LogP contribution in [-0.2, 0) is 4.79 Å². The van der Waals surface area contributed by atoms with E-state index in [1.807, 2.05) is 26.0 Å². The quantitative estimate of drug-likeness (QED) is 0.729. The molecule has 0 atom stereocenters. The number of benzene rings is 1. The fraction of sp³-hybridized carbons (Fsp3) is 0.417. The van der Waals surface area contributed by atoms with Crippen LogP contribution in [0, 0.1) is 12.3 Å². The highest BCUT2D eigenvalue weighted by atomic mass is 32.2. The van der Waals surface area contributed by atoms with Crippen LogP contribution in [0.4, 0.5) is 5.69 Å². The number of carbonyl (C=O) groups excluding carboxylic acids is 1. The first-order chi connectivity index (χ1) is 6.99. The molecule has 2 nitrogen and oxygen atoms in total. The average Bonchev–Trinajstić information content (AvgIpc) is 2.27. The molecule has 3 heteroatoms. The van der Waals surface area contributed by atoms with Crippen molar-refractivity contribution in [3.05, 3.63) is 23.8 Å². The van der Waals surface area contributed by atoms with Crippen LogP contribution in [0.1, 0.15) is 19.4 Å². The highest BCUT2D eigenvalue weighted by Gasteiger charge is 2.31. The molecule has 0 bridgehead atoms. The number of thioether (sulfide) groups is 1. The summed E-state index contributed by atoms with van der Waals surface area (Å²) in [5.74, 6) is 0.938. The lowest BCUT2D eigenvalue weighted by Crippen LogP contribution is -2.31. The lowest BCUT2D eigenvalue weighted by Gasteiger charge is -2.18. The SMILES string of the molecule is Cc1ccc2c(c1)SCC(C)(C)C(=O)N2. The van der Waals surface area contributed by atoms with Crippen LogP contribution in [-0.4, -0.2) is 11.7 Å². The van der Waals surface area contributed by atoms with Crippen molar-refractivity contribution < 1.29 is 4.79 Å². The van der Waals surface area contributed by atoms with E-state index in [9.17, 15) is 4.79 Å². The van der Waals surface area contributed by atoms with Gasteiger partial charge in [-0.2, -0.15) is 0 Å². The van der Waals surface area contributed by atoms with Crippen molar-refractivity contribution in [1.29, 1.82) is 0 Å². The molecule has 1 aromatic carbocycles. The molecule has 1 N–H and O–H groups in total. The first-order valence-corrected chi connectivity index (χ1v) is 6.02. The first kappa shape index (κ1) is 10.6. The molecule has 1 aromatic rings. The van der Waals surface area contributed by atoms with Gasteiger partial charge < -0.3 is 5.32 Å². The Morgan fingerprint density at radius 3 is 2.87 bits per heavy atom. The number of aryl methyl sites for hydroxylation is 1. The smallest absolute Gasteiger partial charge is 0.230 e. The molecule has 0 fully saturated rings. The molecular formula is C12H15NOS. The second kappa shape index (κ2) is 3.56. The molecule has 1 aliphatic rings. The van der Waals surface area contributed by atoms with Gasteiger partial charge in [0.15, 0.2) is 0 Å². The zero-order valence-electron chi connectivity index (χ0n) is 9.26. The number of anilines is 1. The molecular weight excluding hydrogens is 206 g/mol. The molecule has 15 heavy (non-hydrogen) atoms. The topological polar surface area (TPSA) is 29.1 Å². The predicted octanol–water partition coefficient (Wildman–Crippen LogP) is 3.07. The Kier molecular flexibility index (Phi) is 2.51. The van der Waals surface area contributed by atoms with Crippen LogP contribution in [0.3, 0.4) is 0 Å². The fourth-order valence-electron chi connectivity index (χ4n) is 1.47. The van der Waals surface area contributed by atoms with Crippen molar-refractivity contribution in [3.63, 3.8) is 0 Å². The minimum Gasteiger partial charge on any atom is -0.325 e. The largest absolute Gasteiger partial charge is 0.325 e. The van der Waals surface area contributed by atoms with Gasteiger partial charge in [0.1, 0.15) is 0 Å². The first-order valence-electron chi connectivity index (χ1n) is 5.04. The van der Waals surface area contributed by atoms with Crippen LogP contribution in [0.25, 0.3) is 0 Å². The molecule has 0 saturated carbocycles. The van der Waals surface area contributed by atoms with Gasteiger partial charge in [0.05, 0.1) is 11.1 Å². The maximum absolute atomic E-state index is 11.9. The van der Waals surface area contributed by atoms with Crippen LogP contribution >= 0.6 is 11.8 Å². The Morgan fingerprint density at radius 2 is 2.13 bits per heavy atom. The maximum atomic E-state index is 11.9. The maximum Gasteiger partial charge on any atom is 0.230 e. The molecule has 0 radical (unpaired) electrons. The predicted molar refractivity (Wildman–Crippen MR) is 64.3 cm³/mol. The second-order valence-electron chi connectivity index (χ2n) is 4.63. The fourth-order valence-corrected chi connectivity index (χ4v) is 2.66. The zero-order chi connectivity index (χ0) is 11.1. The summed E-state index contributed by atoms with van der Waals surface area (Å²) in [6.45, 7) is 6.03. The van der Waals surface area contributed by atoms with Gasteiger partial charge in [-0.05, 0) is 24.6 Å². The van der Waals surface area contributed by atoms with Crippen LogP contribution in [0.2, 0.25) is 0 Å². The van der Waals surface area contributed by atoms with Crippen LogP contribution in [0.15, 0.2) is 23.1 Å². The lowest BCUT2D eigenvalue weighted by atomic mass is 9.95. The van der Waals surface area contributed by atoms with Crippen molar-refractivity contribution >= 4 is 23.4 Å². The number of carbonyl (C=O) groups is 1. The summed E-state index contributed by atoms with van der Waals surface area (Å²) in [4.78, 5) is 13.0. The third kappa shape index (κ3) is 2.02. The van der Waals surface area contributed by atoms with E-state index < -0.39 is 0 Å². The van der Waals surface area contributed by atoms with E-state index in [1.54, 1.807) is 11.8 Å². The van der Waals surface area contributed by atoms with E-state index in [0.717, 1.165) is 11.4 Å². The zero-order valence-corrected chi connectivity index (χ0v) is 10.1. The summed E-state index contributed by atoms with van der Waals surface area (Å²) in [7, 11) is 0. The highest BCUT2D eigenvalue weighted by Crippen LogP contribution is 2.37. The summed E-state index contributed by atoms with van der Waals surface area (Å²) in [6.07, 6.45) is 0. The Bertz CT molecular complexity index is 412. The normalized spacial score (nSPS) is 19.0. The van der Waals surface area contributed by atoms with Gasteiger partial charge in [0.2, 0.25) is 5.91 Å². The molecule has 0 saturated heterocycles. The number of rotatable bonds is 0. The summed E-state index contributed by atoms with van der Waals surface area (Å²) >= 11 is 1.75. The molecule has 1 heterocycles. The van der Waals surface area contributed by atoms with Crippen LogP contribution < -0.4 is 5.32 Å². The minimum absolute atomic E-state index is 0.109. The number of hydrogen-bond donors (Lipinski definition) is 1. The van der Waals surface area contributed by atoms with Gasteiger partial charge in [-0.3, -0.25) is 4.79 Å². The van der Waals surface area contributed by atoms with Crippen molar-refractivity contribution in [3.8, 4) is 0 Å². The standard InChI is InChI=1S/C12H15NOS/c1-8-4-5-9-10(6-8)15-7-12(2,3)11(14)13-9/h4-6H,7H2,1-3H3,(H,13,14). The van der Waals surface area contributed by atoms with E-state index in [0.29, 0.717) is 0 Å². The van der Waals surface area contributed by atoms with Crippen LogP contribution in [0.5, 0.6) is 0 Å². The summed E-state index contributed by atoms with van der Waals surface area (Å²) < 4.78 is 0. The molecule has 0 aliphatic carbocycles. The lowest BCUT2D eigenvalue weighted by molar-refractivity contribution is -0.122. The minimum atomic E-state index is -0.294. The number of fused-ring (bicyclic) bond motifs is 1. The van der Waals surface area contributed by atoms with Gasteiger partial charge in [-0.15, -0.1) is 11.8 Å². The van der Waals surface area contributed by atoms with E-state index in [1.165, 1.54) is 10.5 Å². The summed E-state index contributed by atoms with van der Waals surface area (Å²) in [5.41, 5.74) is 1.88. The Hall–Kier alpha value is -0.960. The number of nitrogens with one attached hydrogen (secondary N) is 1. The molecule has 0 unspecified atom stereocenters. The van der Waals surface area contributed by atoms with E-state index >= 15 is 0 Å². The number of amides is 1. The highest BCUT2D eigenvalue weighted by molar-refractivity contribution is 7.99. The van der Waals surface area contributed by atoms with Gasteiger partial charge in [0.25, 0.3) is 0 Å². The summed E-state index contributed by atoms with van der Waals surface area (Å²) in [5, 5.41) is 2.98. The Morgan fingerprint density at radius 1 is 1.40 bits per heavy atom. The van der Waals surface area contributed by atoms with Gasteiger partial charge in [-0.25, -0.2) is 0 Å². The third-order valence-electron chi connectivity index (χ3n) is 2.59. The molecule has 80 valence electrons. The average molecular weight is 221 g/mol. The van der Waals surface area contributed by atoms with Crippen molar-refractivity contribution in [2.24, 2.45) is 5.41 Å². The van der Waals surface area contributed by atoms with Gasteiger partial charge >= 0.3 is 0 Å². The van der Waals surface area contributed by atoms with Crippen molar-refractivity contribution in [2.45, 2.75) is 25.7 Å². The summed E-state index contributed by atoms with van der Waals surface area (Å²) in [6, 6.07) is 6.14. The van der Waals surface area contributed by atoms with E-state index in [-0.39, 0.29) is 11.3 Å². The second-order valence-corrected chi connectivity index (χ2v) is 5.64. The Labute approximate surface area is 94.4 Å². The monoisotopic (exact) mass is 221 g/mol. The molecule has 0 aromatic heterocycles. The van der Waals surface area contributed by atoms with Gasteiger partial charge in [-0.1, -0.05) is 19.9 Å². The molecule has 1 aliphatic heterocycles.